The second-order valence-corrected chi connectivity index (χ2v) is 3.03. The Morgan fingerprint density at radius 3 is 2.86 bits per heavy atom. The summed E-state index contributed by atoms with van der Waals surface area (Å²) in [5.74, 6) is -1.07. The van der Waals surface area contributed by atoms with Gasteiger partial charge in [0.05, 0.1) is 12.5 Å². The number of rotatable bonds is 3. The van der Waals surface area contributed by atoms with Crippen LogP contribution >= 0.6 is 0 Å². The van der Waals surface area contributed by atoms with E-state index in [1.807, 2.05) is 0 Å². The van der Waals surface area contributed by atoms with Crippen LogP contribution in [0.4, 0.5) is 4.39 Å². The number of carbonyl (C=O) groups excluding carboxylic acids is 1. The Hall–Kier alpha value is -1.38. The SMILES string of the molecule is CCOC(=O)C(C)c1cccc(F)c1. The average Bonchev–Trinajstić information content (AvgIpc) is 2.17. The molecule has 0 saturated heterocycles. The van der Waals surface area contributed by atoms with Crippen molar-refractivity contribution in [1.82, 2.24) is 0 Å². The minimum absolute atomic E-state index is 0.321. The van der Waals surface area contributed by atoms with Crippen molar-refractivity contribution < 1.29 is 13.9 Å². The van der Waals surface area contributed by atoms with Crippen molar-refractivity contribution in [1.29, 1.82) is 0 Å². The van der Waals surface area contributed by atoms with Crippen LogP contribution in [0.15, 0.2) is 24.3 Å². The summed E-state index contributed by atoms with van der Waals surface area (Å²) in [4.78, 5) is 11.3. The zero-order chi connectivity index (χ0) is 10.6. The molecule has 0 radical (unpaired) electrons. The smallest absolute Gasteiger partial charge is 0.313 e. The van der Waals surface area contributed by atoms with Gasteiger partial charge in [-0.05, 0) is 31.5 Å². The third kappa shape index (κ3) is 2.55. The molecule has 1 atom stereocenters. The molecular formula is C11H13FO2. The van der Waals surface area contributed by atoms with Crippen molar-refractivity contribution in [3.63, 3.8) is 0 Å². The Kier molecular flexibility index (Phi) is 3.63. The quantitative estimate of drug-likeness (QED) is 0.694. The van der Waals surface area contributed by atoms with E-state index in [-0.39, 0.29) is 11.8 Å². The van der Waals surface area contributed by atoms with Gasteiger partial charge in [-0.25, -0.2) is 4.39 Å². The van der Waals surface area contributed by atoms with Crippen LogP contribution in [-0.4, -0.2) is 12.6 Å². The molecule has 0 aliphatic rings. The first-order chi connectivity index (χ1) is 6.65. The van der Waals surface area contributed by atoms with Crippen LogP contribution in [0.2, 0.25) is 0 Å². The number of benzene rings is 1. The number of hydrogen-bond acceptors (Lipinski definition) is 2. The molecule has 2 nitrogen and oxygen atoms in total. The molecule has 0 N–H and O–H groups in total. The van der Waals surface area contributed by atoms with Gasteiger partial charge in [-0.1, -0.05) is 12.1 Å². The molecular weight excluding hydrogens is 183 g/mol. The van der Waals surface area contributed by atoms with E-state index in [1.54, 1.807) is 26.0 Å². The first kappa shape index (κ1) is 10.7. The number of hydrogen-bond donors (Lipinski definition) is 0. The van der Waals surface area contributed by atoms with Gasteiger partial charge in [0.2, 0.25) is 0 Å². The molecule has 1 aromatic carbocycles. The van der Waals surface area contributed by atoms with Crippen molar-refractivity contribution in [2.24, 2.45) is 0 Å². The minimum Gasteiger partial charge on any atom is -0.466 e. The molecule has 0 aromatic heterocycles. The van der Waals surface area contributed by atoms with Gasteiger partial charge >= 0.3 is 5.97 Å². The van der Waals surface area contributed by atoms with Crippen LogP contribution in [0.1, 0.15) is 25.3 Å². The van der Waals surface area contributed by atoms with Crippen molar-refractivity contribution in [2.75, 3.05) is 6.61 Å². The first-order valence-electron chi connectivity index (χ1n) is 4.57. The fraction of sp³-hybridized carbons (Fsp3) is 0.364. The topological polar surface area (TPSA) is 26.3 Å². The number of esters is 1. The van der Waals surface area contributed by atoms with Crippen molar-refractivity contribution in [2.45, 2.75) is 19.8 Å². The number of halogens is 1. The van der Waals surface area contributed by atoms with E-state index in [0.29, 0.717) is 12.2 Å². The van der Waals surface area contributed by atoms with Gasteiger partial charge in [-0.2, -0.15) is 0 Å². The molecule has 0 aliphatic heterocycles. The lowest BCUT2D eigenvalue weighted by molar-refractivity contribution is -0.144. The highest BCUT2D eigenvalue weighted by Crippen LogP contribution is 2.17. The Morgan fingerprint density at radius 1 is 1.57 bits per heavy atom. The standard InChI is InChI=1S/C11H13FO2/c1-3-14-11(13)8(2)9-5-4-6-10(12)7-9/h4-8H,3H2,1-2H3. The maximum absolute atomic E-state index is 12.8. The summed E-state index contributed by atoms with van der Waals surface area (Å²) in [7, 11) is 0. The lowest BCUT2D eigenvalue weighted by Crippen LogP contribution is -2.12. The molecule has 0 saturated carbocycles. The second kappa shape index (κ2) is 4.74. The van der Waals surface area contributed by atoms with Crippen LogP contribution in [0, 0.1) is 5.82 Å². The van der Waals surface area contributed by atoms with Crippen LogP contribution in [-0.2, 0) is 9.53 Å². The molecule has 3 heteroatoms. The van der Waals surface area contributed by atoms with Crippen LogP contribution in [0.5, 0.6) is 0 Å². The Bertz CT molecular complexity index is 323. The fourth-order valence-corrected chi connectivity index (χ4v) is 1.18. The zero-order valence-electron chi connectivity index (χ0n) is 8.29. The van der Waals surface area contributed by atoms with Crippen molar-refractivity contribution in [3.05, 3.63) is 35.6 Å². The van der Waals surface area contributed by atoms with Crippen LogP contribution in [0.3, 0.4) is 0 Å². The number of ether oxygens (including phenoxy) is 1. The van der Waals surface area contributed by atoms with Gasteiger partial charge in [0.1, 0.15) is 5.82 Å². The normalized spacial score (nSPS) is 12.2. The van der Waals surface area contributed by atoms with E-state index in [1.165, 1.54) is 12.1 Å². The molecule has 0 amide bonds. The van der Waals surface area contributed by atoms with E-state index in [0.717, 1.165) is 0 Å². The van der Waals surface area contributed by atoms with Crippen LogP contribution in [0.25, 0.3) is 0 Å². The van der Waals surface area contributed by atoms with E-state index in [9.17, 15) is 9.18 Å². The minimum atomic E-state index is -0.411. The molecule has 14 heavy (non-hydrogen) atoms. The summed E-state index contributed by atoms with van der Waals surface area (Å²) < 4.78 is 17.7. The molecule has 1 unspecified atom stereocenters. The van der Waals surface area contributed by atoms with Crippen molar-refractivity contribution in [3.8, 4) is 0 Å². The molecule has 76 valence electrons. The third-order valence-electron chi connectivity index (χ3n) is 1.99. The second-order valence-electron chi connectivity index (χ2n) is 3.03. The maximum atomic E-state index is 12.8. The number of carbonyl (C=O) groups is 1. The summed E-state index contributed by atoms with van der Waals surface area (Å²) in [6, 6.07) is 5.99. The monoisotopic (exact) mass is 196 g/mol. The molecule has 1 rings (SSSR count). The van der Waals surface area contributed by atoms with Crippen LogP contribution < -0.4 is 0 Å². The third-order valence-corrected chi connectivity index (χ3v) is 1.99. The van der Waals surface area contributed by atoms with Crippen molar-refractivity contribution >= 4 is 5.97 Å². The Balaban J connectivity index is 2.78. The Morgan fingerprint density at radius 2 is 2.29 bits per heavy atom. The van der Waals surface area contributed by atoms with Gasteiger partial charge in [-0.3, -0.25) is 4.79 Å². The van der Waals surface area contributed by atoms with Gasteiger partial charge in [0.25, 0.3) is 0 Å². The predicted octanol–water partition coefficient (Wildman–Crippen LogP) is 2.49. The summed E-state index contributed by atoms with van der Waals surface area (Å²) in [5, 5.41) is 0. The van der Waals surface area contributed by atoms with Gasteiger partial charge in [0, 0.05) is 0 Å². The largest absolute Gasteiger partial charge is 0.466 e. The fourth-order valence-electron chi connectivity index (χ4n) is 1.18. The highest BCUT2D eigenvalue weighted by Gasteiger charge is 2.16. The molecule has 0 bridgehead atoms. The van der Waals surface area contributed by atoms with E-state index >= 15 is 0 Å². The molecule has 1 aromatic rings. The molecule has 0 heterocycles. The lowest BCUT2D eigenvalue weighted by Gasteiger charge is -2.10. The molecule has 0 fully saturated rings. The van der Waals surface area contributed by atoms with Gasteiger partial charge < -0.3 is 4.74 Å². The van der Waals surface area contributed by atoms with E-state index in [4.69, 9.17) is 4.74 Å². The van der Waals surface area contributed by atoms with Gasteiger partial charge in [0.15, 0.2) is 0 Å². The molecule has 0 aliphatic carbocycles. The zero-order valence-corrected chi connectivity index (χ0v) is 8.29. The van der Waals surface area contributed by atoms with Gasteiger partial charge in [-0.15, -0.1) is 0 Å². The Labute approximate surface area is 82.7 Å². The maximum Gasteiger partial charge on any atom is 0.313 e. The summed E-state index contributed by atoms with van der Waals surface area (Å²) in [6.07, 6.45) is 0. The highest BCUT2D eigenvalue weighted by atomic mass is 19.1. The molecule has 0 spiro atoms. The summed E-state index contributed by atoms with van der Waals surface area (Å²) in [5.41, 5.74) is 0.642. The predicted molar refractivity (Wildman–Crippen MR) is 51.4 cm³/mol. The highest BCUT2D eigenvalue weighted by molar-refractivity contribution is 5.77. The first-order valence-corrected chi connectivity index (χ1v) is 4.57. The van der Waals surface area contributed by atoms with E-state index in [2.05, 4.69) is 0 Å². The lowest BCUT2D eigenvalue weighted by atomic mass is 10.0. The van der Waals surface area contributed by atoms with E-state index < -0.39 is 5.92 Å². The summed E-state index contributed by atoms with van der Waals surface area (Å²) in [6.45, 7) is 3.79. The summed E-state index contributed by atoms with van der Waals surface area (Å²) >= 11 is 0. The average molecular weight is 196 g/mol.